The van der Waals surface area contributed by atoms with E-state index >= 15 is 0 Å². The lowest BCUT2D eigenvalue weighted by Gasteiger charge is -2.26. The number of halogens is 1. The van der Waals surface area contributed by atoms with Crippen LogP contribution < -0.4 is 10.8 Å². The predicted molar refractivity (Wildman–Crippen MR) is 82.4 cm³/mol. The van der Waals surface area contributed by atoms with E-state index in [1.807, 2.05) is 0 Å². The lowest BCUT2D eigenvalue weighted by molar-refractivity contribution is -0.142. The molecule has 0 aromatic heterocycles. The Morgan fingerprint density at radius 1 is 1.42 bits per heavy atom. The van der Waals surface area contributed by atoms with Gasteiger partial charge in [0.05, 0.1) is 0 Å². The predicted octanol–water partition coefficient (Wildman–Crippen LogP) is 1.21. The number of urea groups is 1. The Morgan fingerprint density at radius 3 is 2.71 bits per heavy atom. The van der Waals surface area contributed by atoms with Gasteiger partial charge in [-0.05, 0) is 36.5 Å². The van der Waals surface area contributed by atoms with E-state index in [1.165, 1.54) is 17.6 Å². The molecule has 0 saturated carbocycles. The molecule has 4 amide bonds. The molecule has 0 bridgehead atoms. The Bertz CT molecular complexity index is 650. The number of rotatable bonds is 6. The number of carbonyl (C=O) groups is 3. The maximum atomic E-state index is 13.2. The van der Waals surface area contributed by atoms with Crippen LogP contribution in [0.3, 0.4) is 0 Å². The van der Waals surface area contributed by atoms with E-state index in [0.717, 1.165) is 4.90 Å². The summed E-state index contributed by atoms with van der Waals surface area (Å²) in [5.41, 5.74) is 2.20. The van der Waals surface area contributed by atoms with Crippen LogP contribution in [0.25, 0.3) is 0 Å². The van der Waals surface area contributed by atoms with Gasteiger partial charge in [0.1, 0.15) is 17.9 Å². The molecule has 24 heavy (non-hydrogen) atoms. The second-order valence-electron chi connectivity index (χ2n) is 6.04. The van der Waals surface area contributed by atoms with E-state index in [0.29, 0.717) is 12.0 Å². The van der Waals surface area contributed by atoms with E-state index in [1.54, 1.807) is 26.0 Å². The topological polar surface area (TPSA) is 98.7 Å². The number of amides is 4. The number of hydrogen-bond donors (Lipinski definition) is 3. The van der Waals surface area contributed by atoms with Crippen molar-refractivity contribution in [1.82, 2.24) is 15.7 Å². The maximum absolute atomic E-state index is 13.2. The van der Waals surface area contributed by atoms with Crippen LogP contribution in [-0.2, 0) is 16.0 Å². The van der Waals surface area contributed by atoms with Gasteiger partial charge < -0.3 is 5.32 Å². The van der Waals surface area contributed by atoms with Crippen molar-refractivity contribution in [2.45, 2.75) is 38.8 Å². The van der Waals surface area contributed by atoms with Gasteiger partial charge in [-0.2, -0.15) is 0 Å². The molecule has 0 unspecified atom stereocenters. The molecule has 1 saturated heterocycles. The van der Waals surface area contributed by atoms with Crippen molar-refractivity contribution in [2.75, 3.05) is 0 Å². The molecule has 1 aromatic rings. The smallest absolute Gasteiger partial charge is 0.325 e. The van der Waals surface area contributed by atoms with Gasteiger partial charge in [0.15, 0.2) is 0 Å². The first-order valence-corrected chi connectivity index (χ1v) is 7.67. The summed E-state index contributed by atoms with van der Waals surface area (Å²) < 4.78 is 13.2. The van der Waals surface area contributed by atoms with Crippen LogP contribution in [0.1, 0.15) is 25.8 Å². The molecule has 0 aliphatic carbocycles. The van der Waals surface area contributed by atoms with Gasteiger partial charge in [-0.1, -0.05) is 26.0 Å². The summed E-state index contributed by atoms with van der Waals surface area (Å²) in [5.74, 6) is -2.08. The summed E-state index contributed by atoms with van der Waals surface area (Å²) >= 11 is 0. The Hall–Kier alpha value is -2.48. The van der Waals surface area contributed by atoms with E-state index in [9.17, 15) is 18.8 Å². The molecule has 2 atom stereocenters. The van der Waals surface area contributed by atoms with Crippen molar-refractivity contribution in [3.8, 4) is 0 Å². The van der Waals surface area contributed by atoms with Crippen molar-refractivity contribution in [2.24, 2.45) is 5.92 Å². The zero-order valence-electron chi connectivity index (χ0n) is 13.5. The molecule has 3 N–H and O–H groups in total. The Balaban J connectivity index is 2.09. The standard InChI is InChI=1S/C16H20FN3O4/c1-9(2)13(14(21)19-24)20-15(22)12(18-16(20)23)7-6-10-4-3-5-11(17)8-10/h3-5,8-9,12-13,24H,6-7H2,1-2H3,(H,18,23)(H,19,21)/t12-,13+/m0/s1. The van der Waals surface area contributed by atoms with Gasteiger partial charge in [-0.3, -0.25) is 14.8 Å². The highest BCUT2D eigenvalue weighted by molar-refractivity contribution is 6.07. The fourth-order valence-corrected chi connectivity index (χ4v) is 2.80. The number of nitrogens with zero attached hydrogens (tertiary/aromatic N) is 1. The second-order valence-corrected chi connectivity index (χ2v) is 6.04. The van der Waals surface area contributed by atoms with Crippen LogP contribution in [0.15, 0.2) is 24.3 Å². The number of hydrogen-bond acceptors (Lipinski definition) is 4. The third-order valence-electron chi connectivity index (χ3n) is 3.95. The number of nitrogens with one attached hydrogen (secondary N) is 2. The maximum Gasteiger partial charge on any atom is 0.325 e. The summed E-state index contributed by atoms with van der Waals surface area (Å²) in [7, 11) is 0. The van der Waals surface area contributed by atoms with E-state index < -0.39 is 29.9 Å². The lowest BCUT2D eigenvalue weighted by Crippen LogP contribution is -2.52. The van der Waals surface area contributed by atoms with Gasteiger partial charge >= 0.3 is 6.03 Å². The average Bonchev–Trinajstić information content (AvgIpc) is 2.80. The van der Waals surface area contributed by atoms with Gasteiger partial charge in [0.25, 0.3) is 11.8 Å². The van der Waals surface area contributed by atoms with Crippen molar-refractivity contribution in [3.63, 3.8) is 0 Å². The van der Waals surface area contributed by atoms with Crippen LogP contribution in [0.4, 0.5) is 9.18 Å². The quantitative estimate of drug-likeness (QED) is 0.413. The highest BCUT2D eigenvalue weighted by atomic mass is 19.1. The minimum Gasteiger partial charge on any atom is -0.326 e. The van der Waals surface area contributed by atoms with Crippen molar-refractivity contribution >= 4 is 17.8 Å². The number of imide groups is 1. The number of aryl methyl sites for hydroxylation is 1. The first kappa shape index (κ1) is 17.9. The van der Waals surface area contributed by atoms with Gasteiger partial charge in [0.2, 0.25) is 0 Å². The Kier molecular flexibility index (Phi) is 5.50. The molecule has 7 nitrogen and oxygen atoms in total. The minimum atomic E-state index is -1.10. The molecule has 1 aliphatic heterocycles. The second kappa shape index (κ2) is 7.39. The first-order valence-electron chi connectivity index (χ1n) is 7.67. The normalized spacial score (nSPS) is 18.7. The fraction of sp³-hybridized carbons (Fsp3) is 0.438. The van der Waals surface area contributed by atoms with Crippen LogP contribution in [-0.4, -0.2) is 40.0 Å². The molecule has 1 fully saturated rings. The van der Waals surface area contributed by atoms with Crippen LogP contribution in [0.5, 0.6) is 0 Å². The lowest BCUT2D eigenvalue weighted by atomic mass is 10.0. The van der Waals surface area contributed by atoms with Gasteiger partial charge in [-0.25, -0.2) is 19.6 Å². The number of benzene rings is 1. The number of carbonyl (C=O) groups excluding carboxylic acids is 3. The summed E-state index contributed by atoms with van der Waals surface area (Å²) in [6, 6.07) is 3.45. The van der Waals surface area contributed by atoms with Gasteiger partial charge in [0, 0.05) is 0 Å². The molecule has 0 spiro atoms. The largest absolute Gasteiger partial charge is 0.326 e. The van der Waals surface area contributed by atoms with E-state index in [2.05, 4.69) is 5.32 Å². The van der Waals surface area contributed by atoms with Crippen molar-refractivity contribution in [3.05, 3.63) is 35.6 Å². The first-order chi connectivity index (χ1) is 11.3. The summed E-state index contributed by atoms with van der Waals surface area (Å²) in [5, 5.41) is 11.4. The third kappa shape index (κ3) is 3.70. The third-order valence-corrected chi connectivity index (χ3v) is 3.95. The fourth-order valence-electron chi connectivity index (χ4n) is 2.80. The summed E-state index contributed by atoms with van der Waals surface area (Å²) in [6.07, 6.45) is 0.691. The van der Waals surface area contributed by atoms with E-state index in [-0.39, 0.29) is 18.2 Å². The minimum absolute atomic E-state index is 0.288. The molecule has 8 heteroatoms. The molecule has 130 valence electrons. The van der Waals surface area contributed by atoms with Crippen molar-refractivity contribution in [1.29, 1.82) is 0 Å². The molecule has 1 aliphatic rings. The Morgan fingerprint density at radius 2 is 2.12 bits per heavy atom. The zero-order chi connectivity index (χ0) is 17.9. The molecule has 2 rings (SSSR count). The monoisotopic (exact) mass is 337 g/mol. The summed E-state index contributed by atoms with van der Waals surface area (Å²) in [6.45, 7) is 3.33. The van der Waals surface area contributed by atoms with Crippen LogP contribution in [0.2, 0.25) is 0 Å². The number of hydroxylamine groups is 1. The molecular weight excluding hydrogens is 317 g/mol. The highest BCUT2D eigenvalue weighted by Gasteiger charge is 2.45. The van der Waals surface area contributed by atoms with Crippen LogP contribution in [0, 0.1) is 11.7 Å². The SMILES string of the molecule is CC(C)[C@H](C(=O)NO)N1C(=O)N[C@@H](CCc2cccc(F)c2)C1=O. The molecule has 1 aromatic carbocycles. The van der Waals surface area contributed by atoms with Crippen LogP contribution >= 0.6 is 0 Å². The highest BCUT2D eigenvalue weighted by Crippen LogP contribution is 2.20. The average molecular weight is 337 g/mol. The Labute approximate surface area is 138 Å². The van der Waals surface area contributed by atoms with Crippen molar-refractivity contribution < 1.29 is 24.0 Å². The summed E-state index contributed by atoms with van der Waals surface area (Å²) in [4.78, 5) is 37.2. The van der Waals surface area contributed by atoms with Gasteiger partial charge in [-0.15, -0.1) is 0 Å². The molecule has 1 heterocycles. The molecule has 0 radical (unpaired) electrons. The zero-order valence-corrected chi connectivity index (χ0v) is 13.5. The molecular formula is C16H20FN3O4. The van der Waals surface area contributed by atoms with E-state index in [4.69, 9.17) is 5.21 Å².